The van der Waals surface area contributed by atoms with Crippen LogP contribution in [-0.2, 0) is 9.59 Å². The van der Waals surface area contributed by atoms with Crippen molar-refractivity contribution in [3.63, 3.8) is 0 Å². The third-order valence-electron chi connectivity index (χ3n) is 5.31. The molecule has 144 valence electrons. The van der Waals surface area contributed by atoms with Gasteiger partial charge in [-0.2, -0.15) is 0 Å². The van der Waals surface area contributed by atoms with E-state index >= 15 is 0 Å². The minimum Gasteiger partial charge on any atom is -0.494 e. The lowest BCUT2D eigenvalue weighted by Crippen LogP contribution is -2.50. The smallest absolute Gasteiger partial charge is 0.240 e. The number of anilines is 1. The molecule has 1 saturated heterocycles. The van der Waals surface area contributed by atoms with Crippen molar-refractivity contribution < 1.29 is 14.3 Å². The third kappa shape index (κ3) is 2.10. The molecule has 1 saturated carbocycles. The van der Waals surface area contributed by atoms with Gasteiger partial charge in [-0.15, -0.1) is 23.2 Å². The van der Waals surface area contributed by atoms with E-state index in [0.717, 1.165) is 4.90 Å². The normalized spacial score (nSPS) is 36.6. The van der Waals surface area contributed by atoms with Crippen LogP contribution in [0, 0.1) is 11.8 Å². The summed E-state index contributed by atoms with van der Waals surface area (Å²) in [5, 5.41) is -0.219. The molecule has 2 fully saturated rings. The first-order valence-corrected chi connectivity index (χ1v) is 10.2. The maximum Gasteiger partial charge on any atom is 0.240 e. The topological polar surface area (TPSA) is 46.6 Å². The van der Waals surface area contributed by atoms with E-state index in [1.165, 1.54) is 0 Å². The Balaban J connectivity index is 1.81. The number of imide groups is 1. The molecule has 0 spiro atoms. The summed E-state index contributed by atoms with van der Waals surface area (Å²) in [7, 11) is 0. The third-order valence-corrected chi connectivity index (χ3v) is 9.57. The number of alkyl halides is 4. The van der Waals surface area contributed by atoms with Gasteiger partial charge in [0.25, 0.3) is 0 Å². The Morgan fingerprint density at radius 2 is 1.37 bits per heavy atom. The van der Waals surface area contributed by atoms with Crippen molar-refractivity contribution in [1.29, 1.82) is 0 Å². The molecule has 2 bridgehead atoms. The number of ether oxygens (including phenoxy) is 1. The van der Waals surface area contributed by atoms with E-state index in [0.29, 0.717) is 18.0 Å². The van der Waals surface area contributed by atoms with Gasteiger partial charge in [0.05, 0.1) is 34.2 Å². The van der Waals surface area contributed by atoms with Gasteiger partial charge in [-0.25, -0.2) is 4.90 Å². The average Bonchev–Trinajstić information content (AvgIpc) is 3.01. The van der Waals surface area contributed by atoms with Gasteiger partial charge in [-0.3, -0.25) is 9.59 Å². The van der Waals surface area contributed by atoms with E-state index in [2.05, 4.69) is 0 Å². The molecule has 4 nitrogen and oxygen atoms in total. The molecule has 0 N–H and O–H groups in total. The summed E-state index contributed by atoms with van der Waals surface area (Å²) in [6.45, 7) is 2.34. The SMILES string of the molecule is CCOc1ccc(N2C(=O)[C@@H]3[C@@H](C2=O)[C@@]2(Cl)C(Cl)=C(Cl)[C@@]3(Cl)C2(Cl)Cl)cc1. The van der Waals surface area contributed by atoms with Gasteiger partial charge in [0.2, 0.25) is 11.8 Å². The summed E-state index contributed by atoms with van der Waals surface area (Å²) in [5.41, 5.74) is 0.352. The fourth-order valence-corrected chi connectivity index (χ4v) is 7.04. The van der Waals surface area contributed by atoms with Gasteiger partial charge >= 0.3 is 0 Å². The molecule has 4 rings (SSSR count). The van der Waals surface area contributed by atoms with Crippen LogP contribution >= 0.6 is 69.6 Å². The maximum atomic E-state index is 13.2. The predicted octanol–water partition coefficient (Wildman–Crippen LogP) is 5.04. The number of allylic oxidation sites excluding steroid dienone is 2. The lowest BCUT2D eigenvalue weighted by atomic mass is 9.84. The van der Waals surface area contributed by atoms with E-state index in [9.17, 15) is 9.59 Å². The lowest BCUT2D eigenvalue weighted by molar-refractivity contribution is -0.123. The molecule has 1 heterocycles. The van der Waals surface area contributed by atoms with Crippen LogP contribution in [0.4, 0.5) is 5.69 Å². The number of hydrogen-bond acceptors (Lipinski definition) is 3. The standard InChI is InChI=1S/C17H11Cl6NO3/c1-2-27-8-5-3-7(4-6-8)24-13(25)9-10(14(24)26)16(21)12(19)11(18)15(9,20)17(16,22)23/h3-6,9-10H,2H2,1H3/t9-,10-,15+,16+/m0/s1. The molecule has 1 aromatic carbocycles. The number of halogens is 6. The molecule has 1 aromatic rings. The summed E-state index contributed by atoms with van der Waals surface area (Å²) < 4.78 is 3.45. The van der Waals surface area contributed by atoms with Crippen molar-refractivity contribution >= 4 is 87.1 Å². The molecule has 0 aromatic heterocycles. The number of fused-ring (bicyclic) bond motifs is 5. The monoisotopic (exact) mass is 487 g/mol. The van der Waals surface area contributed by atoms with E-state index in [-0.39, 0.29) is 10.1 Å². The predicted molar refractivity (Wildman–Crippen MR) is 107 cm³/mol. The second-order valence-corrected chi connectivity index (χ2v) is 9.80. The first-order chi connectivity index (χ1) is 12.5. The molecule has 1 aliphatic heterocycles. The number of amides is 2. The van der Waals surface area contributed by atoms with E-state index in [1.54, 1.807) is 24.3 Å². The average molecular weight is 490 g/mol. The molecule has 2 amide bonds. The van der Waals surface area contributed by atoms with Crippen molar-refractivity contribution in [2.45, 2.75) is 21.0 Å². The van der Waals surface area contributed by atoms with E-state index < -0.39 is 37.7 Å². The maximum absolute atomic E-state index is 13.2. The number of hydrogen-bond donors (Lipinski definition) is 0. The molecule has 10 heteroatoms. The summed E-state index contributed by atoms with van der Waals surface area (Å²) in [6.07, 6.45) is 0. The van der Waals surface area contributed by atoms with Crippen molar-refractivity contribution in [3.8, 4) is 5.75 Å². The van der Waals surface area contributed by atoms with Gasteiger partial charge in [0, 0.05) is 0 Å². The van der Waals surface area contributed by atoms with Crippen molar-refractivity contribution in [2.75, 3.05) is 11.5 Å². The highest BCUT2D eigenvalue weighted by atomic mass is 35.5. The fraction of sp³-hybridized carbons (Fsp3) is 0.412. The Bertz CT molecular complexity index is 854. The lowest BCUT2D eigenvalue weighted by Gasteiger charge is -2.34. The highest BCUT2D eigenvalue weighted by Gasteiger charge is 2.87. The van der Waals surface area contributed by atoms with Gasteiger partial charge in [0.1, 0.15) is 15.5 Å². The zero-order valence-electron chi connectivity index (χ0n) is 13.6. The van der Waals surface area contributed by atoms with Gasteiger partial charge in [-0.1, -0.05) is 46.4 Å². The summed E-state index contributed by atoms with van der Waals surface area (Å²) in [6, 6.07) is 6.49. The number of carbonyl (C=O) groups is 2. The molecular weight excluding hydrogens is 479 g/mol. The van der Waals surface area contributed by atoms with Crippen LogP contribution in [0.5, 0.6) is 5.75 Å². The molecular formula is C17H11Cl6NO3. The molecule has 0 unspecified atom stereocenters. The van der Waals surface area contributed by atoms with Crippen LogP contribution in [-0.4, -0.2) is 32.5 Å². The second-order valence-electron chi connectivity index (χ2n) is 6.52. The zero-order valence-corrected chi connectivity index (χ0v) is 18.1. The largest absolute Gasteiger partial charge is 0.494 e. The highest BCUT2D eigenvalue weighted by Crippen LogP contribution is 2.77. The van der Waals surface area contributed by atoms with Crippen LogP contribution < -0.4 is 9.64 Å². The van der Waals surface area contributed by atoms with Crippen LogP contribution in [0.1, 0.15) is 6.92 Å². The first-order valence-electron chi connectivity index (χ1n) is 7.97. The summed E-state index contributed by atoms with van der Waals surface area (Å²) in [4.78, 5) is 23.8. The van der Waals surface area contributed by atoms with Crippen molar-refractivity contribution in [2.24, 2.45) is 11.8 Å². The van der Waals surface area contributed by atoms with Gasteiger partial charge in [-0.05, 0) is 31.2 Å². The fourth-order valence-electron chi connectivity index (χ4n) is 4.11. The molecule has 4 atom stereocenters. The Kier molecular flexibility index (Phi) is 4.48. The molecule has 27 heavy (non-hydrogen) atoms. The Morgan fingerprint density at radius 3 is 1.78 bits per heavy atom. The number of nitrogens with zero attached hydrogens (tertiary/aromatic N) is 1. The van der Waals surface area contributed by atoms with Crippen LogP contribution in [0.3, 0.4) is 0 Å². The summed E-state index contributed by atoms with van der Waals surface area (Å²) in [5.74, 6) is -2.84. The number of rotatable bonds is 3. The Morgan fingerprint density at radius 1 is 0.926 bits per heavy atom. The number of benzene rings is 1. The van der Waals surface area contributed by atoms with Crippen LogP contribution in [0.15, 0.2) is 34.3 Å². The Hall–Kier alpha value is -0.360. The van der Waals surface area contributed by atoms with Crippen LogP contribution in [0.25, 0.3) is 0 Å². The summed E-state index contributed by atoms with van der Waals surface area (Å²) >= 11 is 38.7. The van der Waals surface area contributed by atoms with Crippen molar-refractivity contribution in [1.82, 2.24) is 0 Å². The zero-order chi connectivity index (χ0) is 19.9. The minimum atomic E-state index is -1.93. The van der Waals surface area contributed by atoms with Gasteiger partial charge < -0.3 is 4.74 Å². The molecule has 2 aliphatic carbocycles. The molecule has 3 aliphatic rings. The Labute approximate surface area is 185 Å². The van der Waals surface area contributed by atoms with E-state index in [4.69, 9.17) is 74.3 Å². The molecule has 0 radical (unpaired) electrons. The second kappa shape index (κ2) is 6.07. The quantitative estimate of drug-likeness (QED) is 0.441. The number of carbonyl (C=O) groups excluding carboxylic acids is 2. The highest BCUT2D eigenvalue weighted by molar-refractivity contribution is 6.67. The van der Waals surface area contributed by atoms with Crippen LogP contribution in [0.2, 0.25) is 0 Å². The first kappa shape index (κ1) is 19.9. The minimum absolute atomic E-state index is 0.109. The van der Waals surface area contributed by atoms with Crippen molar-refractivity contribution in [3.05, 3.63) is 34.3 Å². The van der Waals surface area contributed by atoms with Gasteiger partial charge in [0.15, 0.2) is 4.33 Å². The van der Waals surface area contributed by atoms with E-state index in [1.807, 2.05) is 6.92 Å².